The minimum Gasteiger partial charge on any atom is -0.358 e. The van der Waals surface area contributed by atoms with Gasteiger partial charge in [0.1, 0.15) is 5.72 Å². The molecule has 1 aromatic heterocycles. The van der Waals surface area contributed by atoms with Gasteiger partial charge < -0.3 is 9.64 Å². The molecule has 0 atom stereocenters. The van der Waals surface area contributed by atoms with Gasteiger partial charge in [0.15, 0.2) is 0 Å². The smallest absolute Gasteiger partial charge is 0.358 e. The Hall–Kier alpha value is -2.52. The summed E-state index contributed by atoms with van der Waals surface area (Å²) in [5, 5.41) is 7.24. The van der Waals surface area contributed by atoms with Gasteiger partial charge in [0.25, 0.3) is 0 Å². The van der Waals surface area contributed by atoms with E-state index in [-0.39, 0.29) is 44.7 Å². The third-order valence-corrected chi connectivity index (χ3v) is 4.94. The van der Waals surface area contributed by atoms with E-state index in [1.807, 2.05) is 0 Å². The van der Waals surface area contributed by atoms with E-state index in [1.165, 1.54) is 24.3 Å². The van der Waals surface area contributed by atoms with Gasteiger partial charge in [-0.25, -0.2) is 4.79 Å². The highest BCUT2D eigenvalue weighted by atomic mass is 16.5. The number of likely N-dealkylation sites (tertiary alicyclic amines) is 1. The summed E-state index contributed by atoms with van der Waals surface area (Å²) in [6.07, 6.45) is -3.86. The molecule has 0 bridgehead atoms. The lowest BCUT2D eigenvalue weighted by Crippen LogP contribution is -2.59. The van der Waals surface area contributed by atoms with Crippen molar-refractivity contribution in [3.8, 4) is 0 Å². The standard InChI is InChI=1S/C20H30N6O3/c1-4-18(27)26(17-9-7-6-8-10-17)20(29-3)11-13-23(14-12-20)15-16-25-19(28)24(5-2)21-22-25/h6-10H,4-5,11-16H2,1-3H3/i1D3,3D3,4D2,16D2. The zero-order valence-corrected chi connectivity index (χ0v) is 16.0. The fourth-order valence-electron chi connectivity index (χ4n) is 3.34. The molecule has 1 aromatic carbocycles. The number of rotatable bonds is 8. The van der Waals surface area contributed by atoms with Crippen LogP contribution in [0.5, 0.6) is 0 Å². The molecule has 158 valence electrons. The van der Waals surface area contributed by atoms with E-state index < -0.39 is 44.1 Å². The zero-order chi connectivity index (χ0) is 29.4. The molecule has 0 saturated carbocycles. The van der Waals surface area contributed by atoms with Crippen LogP contribution >= 0.6 is 0 Å². The summed E-state index contributed by atoms with van der Waals surface area (Å²) in [6, 6.07) is 7.48. The Bertz CT molecular complexity index is 1200. The minimum absolute atomic E-state index is 0.0337. The van der Waals surface area contributed by atoms with Crippen molar-refractivity contribution in [2.24, 2.45) is 0 Å². The molecule has 9 heteroatoms. The van der Waals surface area contributed by atoms with E-state index in [2.05, 4.69) is 10.4 Å². The van der Waals surface area contributed by atoms with Crippen molar-refractivity contribution in [3.05, 3.63) is 40.8 Å². The van der Waals surface area contributed by atoms with Gasteiger partial charge in [-0.2, -0.15) is 9.36 Å². The molecule has 1 aliphatic heterocycles. The fraction of sp³-hybridized carbons (Fsp3) is 0.600. The first-order chi connectivity index (χ1) is 17.8. The molecule has 0 radical (unpaired) electrons. The average Bonchev–Trinajstić information content (AvgIpc) is 3.21. The normalized spacial score (nSPS) is 23.6. The Kier molecular flexibility index (Phi) is 3.73. The van der Waals surface area contributed by atoms with Gasteiger partial charge in [-0.1, -0.05) is 25.1 Å². The fourth-order valence-corrected chi connectivity index (χ4v) is 3.34. The number of carbonyl (C=O) groups excluding carboxylic acids is 1. The van der Waals surface area contributed by atoms with E-state index in [0.29, 0.717) is 4.68 Å². The molecule has 29 heavy (non-hydrogen) atoms. The number of tetrazole rings is 1. The van der Waals surface area contributed by atoms with Gasteiger partial charge in [-0.15, -0.1) is 0 Å². The van der Waals surface area contributed by atoms with Crippen molar-refractivity contribution >= 4 is 11.6 Å². The van der Waals surface area contributed by atoms with E-state index in [9.17, 15) is 9.59 Å². The molecule has 1 amide bonds. The van der Waals surface area contributed by atoms with Crippen LogP contribution in [0.3, 0.4) is 0 Å². The van der Waals surface area contributed by atoms with Gasteiger partial charge in [-0.05, 0) is 29.5 Å². The molecular formula is C20H30N6O3. The third kappa shape index (κ3) is 4.40. The van der Waals surface area contributed by atoms with Crippen molar-refractivity contribution in [2.75, 3.05) is 31.6 Å². The molecule has 0 unspecified atom stereocenters. The summed E-state index contributed by atoms with van der Waals surface area (Å²) in [6.45, 7) is -4.23. The van der Waals surface area contributed by atoms with E-state index in [4.69, 9.17) is 18.4 Å². The quantitative estimate of drug-likeness (QED) is 0.608. The number of nitrogens with zero attached hydrogens (tertiary/aromatic N) is 6. The average molecular weight is 413 g/mol. The number of aromatic nitrogens is 4. The Morgan fingerprint density at radius 3 is 2.62 bits per heavy atom. The van der Waals surface area contributed by atoms with Crippen LogP contribution in [0.4, 0.5) is 5.69 Å². The number of benzene rings is 1. The second-order valence-electron chi connectivity index (χ2n) is 6.57. The first-order valence-corrected chi connectivity index (χ1v) is 9.20. The maximum Gasteiger partial charge on any atom is 0.363 e. The van der Waals surface area contributed by atoms with Gasteiger partial charge in [0, 0.05) is 65.0 Å². The van der Waals surface area contributed by atoms with Crippen molar-refractivity contribution < 1.29 is 23.2 Å². The Labute approximate surface area is 184 Å². The maximum atomic E-state index is 13.6. The van der Waals surface area contributed by atoms with E-state index in [0.717, 1.165) is 9.58 Å². The van der Waals surface area contributed by atoms with Crippen molar-refractivity contribution in [1.29, 1.82) is 0 Å². The summed E-state index contributed by atoms with van der Waals surface area (Å²) in [4.78, 5) is 28.3. The first kappa shape index (κ1) is 11.6. The lowest BCUT2D eigenvalue weighted by Gasteiger charge is -2.47. The molecule has 2 aromatic rings. The number of hydrogen-bond donors (Lipinski definition) is 0. The molecule has 2 heterocycles. The maximum absolute atomic E-state index is 13.6. The number of hydrogen-bond acceptors (Lipinski definition) is 6. The van der Waals surface area contributed by atoms with E-state index >= 15 is 0 Å². The predicted molar refractivity (Wildman–Crippen MR) is 110 cm³/mol. The highest BCUT2D eigenvalue weighted by molar-refractivity contribution is 5.94. The summed E-state index contributed by atoms with van der Waals surface area (Å²) < 4.78 is 86.1. The molecular weight excluding hydrogens is 372 g/mol. The van der Waals surface area contributed by atoms with Gasteiger partial charge in [0.2, 0.25) is 5.91 Å². The molecule has 3 rings (SSSR count). The third-order valence-electron chi connectivity index (χ3n) is 4.94. The summed E-state index contributed by atoms with van der Waals surface area (Å²) in [5.41, 5.74) is -2.70. The van der Waals surface area contributed by atoms with Crippen LogP contribution in [0.15, 0.2) is 35.1 Å². The second kappa shape index (κ2) is 9.32. The second-order valence-corrected chi connectivity index (χ2v) is 6.57. The summed E-state index contributed by atoms with van der Waals surface area (Å²) in [5.74, 6) is -1.50. The van der Waals surface area contributed by atoms with Crippen LogP contribution in [0.2, 0.25) is 0 Å². The zero-order valence-electron chi connectivity index (χ0n) is 26.0. The Balaban J connectivity index is 1.98. The number of methoxy groups -OCH3 is 1. The number of para-hydroxylation sites is 1. The van der Waals surface area contributed by atoms with Gasteiger partial charge >= 0.3 is 5.69 Å². The van der Waals surface area contributed by atoms with Gasteiger partial charge in [-0.3, -0.25) is 9.69 Å². The van der Waals surface area contributed by atoms with Crippen LogP contribution in [0.1, 0.15) is 46.7 Å². The minimum atomic E-state index is -3.38. The molecule has 1 aliphatic rings. The lowest BCUT2D eigenvalue weighted by molar-refractivity contribution is -0.128. The van der Waals surface area contributed by atoms with Gasteiger partial charge in [0.05, 0.1) is 13.4 Å². The van der Waals surface area contributed by atoms with Crippen LogP contribution in [-0.2, 0) is 22.6 Å². The van der Waals surface area contributed by atoms with Crippen molar-refractivity contribution in [3.63, 3.8) is 0 Å². The van der Waals surface area contributed by atoms with E-state index in [1.54, 1.807) is 17.9 Å². The number of piperidine rings is 1. The number of carbonyl (C=O) groups is 1. The van der Waals surface area contributed by atoms with Crippen molar-refractivity contribution in [2.45, 2.75) is 51.8 Å². The molecule has 0 spiro atoms. The van der Waals surface area contributed by atoms with Crippen LogP contribution in [-0.4, -0.2) is 63.0 Å². The van der Waals surface area contributed by atoms with Crippen LogP contribution < -0.4 is 10.6 Å². The molecule has 0 N–H and O–H groups in total. The SMILES string of the molecule is [2H]C([2H])([2H])OC1(N(C(=O)C([2H])([2H])C([2H])([2H])[2H])c2ccccc2)CCN(CC([2H])([2H])n2nnn(CC)c2=O)CC1. The number of aryl methyl sites for hydroxylation is 1. The first-order valence-electron chi connectivity index (χ1n) is 14.2. The molecule has 9 nitrogen and oxygen atoms in total. The monoisotopic (exact) mass is 412 g/mol. The highest BCUT2D eigenvalue weighted by Gasteiger charge is 2.43. The topological polar surface area (TPSA) is 85.5 Å². The highest BCUT2D eigenvalue weighted by Crippen LogP contribution is 2.34. The molecule has 1 saturated heterocycles. The lowest BCUT2D eigenvalue weighted by atomic mass is 9.96. The number of amides is 1. The Morgan fingerprint density at radius 2 is 2.00 bits per heavy atom. The van der Waals surface area contributed by atoms with Crippen molar-refractivity contribution in [1.82, 2.24) is 24.7 Å². The summed E-state index contributed by atoms with van der Waals surface area (Å²) in [7, 11) is -3.05. The number of ether oxygens (including phenoxy) is 1. The van der Waals surface area contributed by atoms with Crippen LogP contribution in [0.25, 0.3) is 0 Å². The largest absolute Gasteiger partial charge is 0.363 e. The number of anilines is 1. The van der Waals surface area contributed by atoms with Crippen LogP contribution in [0, 0.1) is 0 Å². The Morgan fingerprint density at radius 1 is 1.28 bits per heavy atom. The molecule has 1 fully saturated rings. The molecule has 0 aliphatic carbocycles. The predicted octanol–water partition coefficient (Wildman–Crippen LogP) is 1.34. The summed E-state index contributed by atoms with van der Waals surface area (Å²) >= 11 is 0.